The van der Waals surface area contributed by atoms with Crippen LogP contribution in [0.5, 0.6) is 0 Å². The quantitative estimate of drug-likeness (QED) is 0.800. The summed E-state index contributed by atoms with van der Waals surface area (Å²) in [5.41, 5.74) is 1.13. The minimum atomic E-state index is 0.265. The van der Waals surface area contributed by atoms with Crippen molar-refractivity contribution in [3.05, 3.63) is 23.7 Å². The smallest absolute Gasteiger partial charge is 0.123 e. The zero-order valence-electron chi connectivity index (χ0n) is 9.86. The van der Waals surface area contributed by atoms with Gasteiger partial charge >= 0.3 is 0 Å². The van der Waals surface area contributed by atoms with Gasteiger partial charge in [-0.25, -0.2) is 0 Å². The van der Waals surface area contributed by atoms with Crippen molar-refractivity contribution in [2.24, 2.45) is 0 Å². The van der Waals surface area contributed by atoms with Crippen LogP contribution in [0.1, 0.15) is 25.2 Å². The van der Waals surface area contributed by atoms with Gasteiger partial charge in [0.05, 0.1) is 32.6 Å². The van der Waals surface area contributed by atoms with Crippen LogP contribution in [0.2, 0.25) is 0 Å². The van der Waals surface area contributed by atoms with Crippen molar-refractivity contribution in [1.82, 2.24) is 5.32 Å². The first kappa shape index (κ1) is 11.6. The van der Waals surface area contributed by atoms with E-state index in [9.17, 15) is 0 Å². The van der Waals surface area contributed by atoms with Gasteiger partial charge in [0, 0.05) is 11.6 Å². The fraction of sp³-hybridized carbons (Fsp3) is 0.667. The molecule has 0 unspecified atom stereocenters. The highest BCUT2D eigenvalue weighted by molar-refractivity contribution is 5.16. The van der Waals surface area contributed by atoms with Gasteiger partial charge in [-0.3, -0.25) is 0 Å². The SMILES string of the molecule is CC(C)NCc1occc1COC1COC1. The molecule has 1 aliphatic heterocycles. The average molecular weight is 225 g/mol. The molecular formula is C12H19NO3. The number of nitrogens with one attached hydrogen (secondary N) is 1. The van der Waals surface area contributed by atoms with Crippen LogP contribution in [0.25, 0.3) is 0 Å². The monoisotopic (exact) mass is 225 g/mol. The van der Waals surface area contributed by atoms with Crippen molar-refractivity contribution in [3.63, 3.8) is 0 Å². The summed E-state index contributed by atoms with van der Waals surface area (Å²) in [5, 5.41) is 3.33. The molecule has 0 aromatic carbocycles. The molecule has 16 heavy (non-hydrogen) atoms. The number of hydrogen-bond acceptors (Lipinski definition) is 4. The van der Waals surface area contributed by atoms with E-state index in [1.807, 2.05) is 6.07 Å². The van der Waals surface area contributed by atoms with Gasteiger partial charge in [0.25, 0.3) is 0 Å². The molecule has 1 fully saturated rings. The third-order valence-corrected chi connectivity index (χ3v) is 2.59. The Kier molecular flexibility index (Phi) is 3.98. The fourth-order valence-corrected chi connectivity index (χ4v) is 1.47. The van der Waals surface area contributed by atoms with E-state index in [2.05, 4.69) is 19.2 Å². The van der Waals surface area contributed by atoms with Crippen molar-refractivity contribution in [1.29, 1.82) is 0 Å². The van der Waals surface area contributed by atoms with Gasteiger partial charge in [-0.15, -0.1) is 0 Å². The van der Waals surface area contributed by atoms with Crippen molar-refractivity contribution >= 4 is 0 Å². The molecule has 0 amide bonds. The first-order valence-electron chi connectivity index (χ1n) is 5.73. The summed E-state index contributed by atoms with van der Waals surface area (Å²) in [5.74, 6) is 0.967. The molecule has 2 rings (SSSR count). The molecule has 0 bridgehead atoms. The highest BCUT2D eigenvalue weighted by Crippen LogP contribution is 2.15. The van der Waals surface area contributed by atoms with Crippen LogP contribution in [0, 0.1) is 0 Å². The van der Waals surface area contributed by atoms with E-state index in [0.29, 0.717) is 12.6 Å². The maximum absolute atomic E-state index is 5.66. The minimum Gasteiger partial charge on any atom is -0.468 e. The van der Waals surface area contributed by atoms with Gasteiger partial charge in [0.2, 0.25) is 0 Å². The van der Waals surface area contributed by atoms with Crippen molar-refractivity contribution in [2.45, 2.75) is 39.1 Å². The van der Waals surface area contributed by atoms with Gasteiger partial charge in [-0.05, 0) is 6.07 Å². The van der Waals surface area contributed by atoms with Crippen LogP contribution in [-0.4, -0.2) is 25.4 Å². The Bertz CT molecular complexity index is 318. The van der Waals surface area contributed by atoms with E-state index in [4.69, 9.17) is 13.9 Å². The Hall–Kier alpha value is -0.840. The molecular weight excluding hydrogens is 206 g/mol. The molecule has 1 aliphatic rings. The summed E-state index contributed by atoms with van der Waals surface area (Å²) in [6.07, 6.45) is 1.98. The molecule has 1 N–H and O–H groups in total. The standard InChI is InChI=1S/C12H19NO3/c1-9(2)13-5-12-10(3-4-15-12)6-16-11-7-14-8-11/h3-4,9,11,13H,5-8H2,1-2H3. The highest BCUT2D eigenvalue weighted by atomic mass is 16.6. The number of ether oxygens (including phenoxy) is 2. The second-order valence-corrected chi connectivity index (χ2v) is 4.38. The molecule has 1 aromatic rings. The lowest BCUT2D eigenvalue weighted by molar-refractivity contribution is -0.135. The molecule has 1 saturated heterocycles. The maximum atomic E-state index is 5.66. The molecule has 0 atom stereocenters. The number of rotatable bonds is 6. The fourth-order valence-electron chi connectivity index (χ4n) is 1.47. The van der Waals surface area contributed by atoms with Crippen molar-refractivity contribution in [3.8, 4) is 0 Å². The third kappa shape index (κ3) is 3.07. The largest absolute Gasteiger partial charge is 0.468 e. The van der Waals surface area contributed by atoms with Crippen LogP contribution in [0.4, 0.5) is 0 Å². The van der Waals surface area contributed by atoms with Gasteiger partial charge in [-0.1, -0.05) is 13.8 Å². The summed E-state index contributed by atoms with van der Waals surface area (Å²) in [4.78, 5) is 0. The molecule has 1 aromatic heterocycles. The summed E-state index contributed by atoms with van der Waals surface area (Å²) in [7, 11) is 0. The van der Waals surface area contributed by atoms with E-state index in [0.717, 1.165) is 31.1 Å². The Morgan fingerprint density at radius 2 is 2.31 bits per heavy atom. The Morgan fingerprint density at radius 1 is 1.50 bits per heavy atom. The predicted octanol–water partition coefficient (Wildman–Crippen LogP) is 1.69. The molecule has 2 heterocycles. The van der Waals surface area contributed by atoms with Crippen molar-refractivity contribution in [2.75, 3.05) is 13.2 Å². The first-order chi connectivity index (χ1) is 7.75. The summed E-state index contributed by atoms with van der Waals surface area (Å²) in [6.45, 7) is 7.04. The normalized spacial score (nSPS) is 16.7. The van der Waals surface area contributed by atoms with Crippen LogP contribution < -0.4 is 5.32 Å². The van der Waals surface area contributed by atoms with Crippen LogP contribution >= 0.6 is 0 Å². The minimum absolute atomic E-state index is 0.265. The molecule has 0 aliphatic carbocycles. The molecule has 0 radical (unpaired) electrons. The van der Waals surface area contributed by atoms with E-state index in [-0.39, 0.29) is 6.10 Å². The zero-order chi connectivity index (χ0) is 11.4. The second kappa shape index (κ2) is 5.48. The summed E-state index contributed by atoms with van der Waals surface area (Å²) < 4.78 is 16.1. The number of hydrogen-bond donors (Lipinski definition) is 1. The average Bonchev–Trinajstić information content (AvgIpc) is 2.60. The second-order valence-electron chi connectivity index (χ2n) is 4.38. The van der Waals surface area contributed by atoms with Crippen LogP contribution in [0.3, 0.4) is 0 Å². The van der Waals surface area contributed by atoms with E-state index >= 15 is 0 Å². The molecule has 4 heteroatoms. The molecule has 90 valence electrons. The summed E-state index contributed by atoms with van der Waals surface area (Å²) >= 11 is 0. The van der Waals surface area contributed by atoms with E-state index < -0.39 is 0 Å². The Balaban J connectivity index is 1.80. The van der Waals surface area contributed by atoms with Crippen LogP contribution in [0.15, 0.2) is 16.7 Å². The topological polar surface area (TPSA) is 43.6 Å². The van der Waals surface area contributed by atoms with Gasteiger partial charge < -0.3 is 19.2 Å². The first-order valence-corrected chi connectivity index (χ1v) is 5.73. The van der Waals surface area contributed by atoms with E-state index in [1.165, 1.54) is 0 Å². The highest BCUT2D eigenvalue weighted by Gasteiger charge is 2.19. The Morgan fingerprint density at radius 3 is 2.94 bits per heavy atom. The van der Waals surface area contributed by atoms with Gasteiger partial charge in [0.1, 0.15) is 11.9 Å². The summed E-state index contributed by atoms with van der Waals surface area (Å²) in [6, 6.07) is 2.43. The van der Waals surface area contributed by atoms with Crippen molar-refractivity contribution < 1.29 is 13.9 Å². The van der Waals surface area contributed by atoms with Crippen LogP contribution in [-0.2, 0) is 22.6 Å². The zero-order valence-corrected chi connectivity index (χ0v) is 9.86. The lowest BCUT2D eigenvalue weighted by Gasteiger charge is -2.25. The maximum Gasteiger partial charge on any atom is 0.123 e. The lowest BCUT2D eigenvalue weighted by atomic mass is 10.2. The third-order valence-electron chi connectivity index (χ3n) is 2.59. The van der Waals surface area contributed by atoms with E-state index in [1.54, 1.807) is 6.26 Å². The predicted molar refractivity (Wildman–Crippen MR) is 60.1 cm³/mol. The number of furan rings is 1. The van der Waals surface area contributed by atoms with Gasteiger partial charge in [-0.2, -0.15) is 0 Å². The molecule has 4 nitrogen and oxygen atoms in total. The molecule has 0 saturated carbocycles. The lowest BCUT2D eigenvalue weighted by Crippen LogP contribution is -2.35. The Labute approximate surface area is 95.9 Å². The van der Waals surface area contributed by atoms with Gasteiger partial charge in [0.15, 0.2) is 0 Å². The molecule has 0 spiro atoms.